The second kappa shape index (κ2) is 7.14. The maximum Gasteiger partial charge on any atom is 0.127 e. The largest absolute Gasteiger partial charge is 0.393 e. The molecule has 0 aromatic heterocycles. The van der Waals surface area contributed by atoms with Crippen LogP contribution in [0.3, 0.4) is 0 Å². The third-order valence-corrected chi connectivity index (χ3v) is 4.55. The maximum absolute atomic E-state index is 13.8. The van der Waals surface area contributed by atoms with E-state index in [1.165, 1.54) is 6.07 Å². The van der Waals surface area contributed by atoms with Gasteiger partial charge in [-0.2, -0.15) is 0 Å². The van der Waals surface area contributed by atoms with Gasteiger partial charge in [0.25, 0.3) is 0 Å². The number of nitrogens with zero attached hydrogens (tertiary/aromatic N) is 1. The van der Waals surface area contributed by atoms with Crippen molar-refractivity contribution in [2.24, 2.45) is 11.1 Å². The summed E-state index contributed by atoms with van der Waals surface area (Å²) < 4.78 is 13.8. The van der Waals surface area contributed by atoms with Gasteiger partial charge in [0.2, 0.25) is 0 Å². The molecule has 2 N–H and O–H groups in total. The standard InChI is InChI=1S/C16H25FN2S/c1-12(13-8-5-6-9-14(13)17)19(4)11-7-10-16(2,3)15(18)20/h5-6,8-9,12H,7,10-11H2,1-4H3,(H2,18,20). The first-order chi connectivity index (χ1) is 9.25. The summed E-state index contributed by atoms with van der Waals surface area (Å²) in [6.07, 6.45) is 1.93. The van der Waals surface area contributed by atoms with Gasteiger partial charge >= 0.3 is 0 Å². The third-order valence-electron chi connectivity index (χ3n) is 4.00. The van der Waals surface area contributed by atoms with Crippen LogP contribution in [0, 0.1) is 11.2 Å². The number of rotatable bonds is 7. The summed E-state index contributed by atoms with van der Waals surface area (Å²) in [6, 6.07) is 7.00. The van der Waals surface area contributed by atoms with E-state index in [0.29, 0.717) is 4.99 Å². The van der Waals surface area contributed by atoms with E-state index in [1.54, 1.807) is 6.07 Å². The molecule has 0 saturated heterocycles. The molecule has 0 spiro atoms. The molecule has 0 heterocycles. The fraction of sp³-hybridized carbons (Fsp3) is 0.562. The average Bonchev–Trinajstić information content (AvgIpc) is 2.38. The highest BCUT2D eigenvalue weighted by molar-refractivity contribution is 7.80. The Morgan fingerprint density at radius 3 is 2.55 bits per heavy atom. The second-order valence-electron chi connectivity index (χ2n) is 6.03. The van der Waals surface area contributed by atoms with E-state index >= 15 is 0 Å². The zero-order valence-electron chi connectivity index (χ0n) is 12.8. The molecule has 0 radical (unpaired) electrons. The first kappa shape index (κ1) is 17.1. The van der Waals surface area contributed by atoms with E-state index in [9.17, 15) is 4.39 Å². The quantitative estimate of drug-likeness (QED) is 0.774. The number of benzene rings is 1. The lowest BCUT2D eigenvalue weighted by Crippen LogP contribution is -2.31. The predicted octanol–water partition coefficient (Wildman–Crippen LogP) is 3.91. The number of hydrogen-bond acceptors (Lipinski definition) is 2. The highest BCUT2D eigenvalue weighted by atomic mass is 32.1. The van der Waals surface area contributed by atoms with Gasteiger partial charge < -0.3 is 5.73 Å². The molecule has 112 valence electrons. The van der Waals surface area contributed by atoms with Crippen LogP contribution in [-0.2, 0) is 0 Å². The van der Waals surface area contributed by atoms with Crippen molar-refractivity contribution in [2.75, 3.05) is 13.6 Å². The molecular weight excluding hydrogens is 271 g/mol. The lowest BCUT2D eigenvalue weighted by molar-refractivity contribution is 0.242. The molecule has 0 fully saturated rings. The Kier molecular flexibility index (Phi) is 6.08. The predicted molar refractivity (Wildman–Crippen MR) is 87.2 cm³/mol. The number of halogens is 1. The molecule has 20 heavy (non-hydrogen) atoms. The van der Waals surface area contributed by atoms with Crippen molar-refractivity contribution in [1.82, 2.24) is 4.90 Å². The van der Waals surface area contributed by atoms with Gasteiger partial charge in [-0.15, -0.1) is 0 Å². The molecule has 1 aromatic carbocycles. The van der Waals surface area contributed by atoms with Gasteiger partial charge in [-0.3, -0.25) is 4.90 Å². The minimum Gasteiger partial charge on any atom is -0.393 e. The Morgan fingerprint density at radius 1 is 1.40 bits per heavy atom. The van der Waals surface area contributed by atoms with Crippen molar-refractivity contribution in [3.63, 3.8) is 0 Å². The van der Waals surface area contributed by atoms with Gasteiger partial charge in [0.05, 0.1) is 4.99 Å². The summed E-state index contributed by atoms with van der Waals surface area (Å²) in [4.78, 5) is 2.72. The summed E-state index contributed by atoms with van der Waals surface area (Å²) in [7, 11) is 2.02. The van der Waals surface area contributed by atoms with Crippen molar-refractivity contribution < 1.29 is 4.39 Å². The topological polar surface area (TPSA) is 29.3 Å². The molecule has 0 bridgehead atoms. The van der Waals surface area contributed by atoms with Crippen molar-refractivity contribution in [1.29, 1.82) is 0 Å². The van der Waals surface area contributed by atoms with Gasteiger partial charge in [-0.1, -0.05) is 44.3 Å². The fourth-order valence-electron chi connectivity index (χ4n) is 2.14. The van der Waals surface area contributed by atoms with Crippen molar-refractivity contribution in [3.05, 3.63) is 35.6 Å². The van der Waals surface area contributed by atoms with Gasteiger partial charge in [-0.05, 0) is 39.4 Å². The van der Waals surface area contributed by atoms with E-state index in [2.05, 4.69) is 18.7 Å². The van der Waals surface area contributed by atoms with E-state index in [1.807, 2.05) is 26.1 Å². The monoisotopic (exact) mass is 296 g/mol. The Balaban J connectivity index is 2.53. The first-order valence-corrected chi connectivity index (χ1v) is 7.41. The smallest absolute Gasteiger partial charge is 0.127 e. The number of hydrogen-bond donors (Lipinski definition) is 1. The third kappa shape index (κ3) is 4.53. The minimum absolute atomic E-state index is 0.0594. The average molecular weight is 296 g/mol. The normalized spacial score (nSPS) is 13.5. The summed E-state index contributed by atoms with van der Waals surface area (Å²) in [6.45, 7) is 7.05. The molecular formula is C16H25FN2S. The lowest BCUT2D eigenvalue weighted by Gasteiger charge is -2.28. The summed E-state index contributed by atoms with van der Waals surface area (Å²) >= 11 is 5.07. The number of thiocarbonyl (C=S) groups is 1. The second-order valence-corrected chi connectivity index (χ2v) is 6.47. The molecule has 0 aliphatic heterocycles. The SMILES string of the molecule is CC(c1ccccc1F)N(C)CCCC(C)(C)C(N)=S. The molecule has 1 rings (SSSR count). The fourth-order valence-corrected chi connectivity index (χ4v) is 2.24. The summed E-state index contributed by atoms with van der Waals surface area (Å²) in [5.74, 6) is -0.143. The van der Waals surface area contributed by atoms with Crippen LogP contribution < -0.4 is 5.73 Å². The number of nitrogens with two attached hydrogens (primary N) is 1. The Bertz CT molecular complexity index is 460. The van der Waals surface area contributed by atoms with Crippen LogP contribution in [-0.4, -0.2) is 23.5 Å². The van der Waals surface area contributed by atoms with Crippen LogP contribution in [0.25, 0.3) is 0 Å². The van der Waals surface area contributed by atoms with Gasteiger partial charge in [-0.25, -0.2) is 4.39 Å². The lowest BCUT2D eigenvalue weighted by atomic mass is 9.88. The van der Waals surface area contributed by atoms with Crippen molar-refractivity contribution >= 4 is 17.2 Å². The Morgan fingerprint density at radius 2 is 2.00 bits per heavy atom. The Hall–Kier alpha value is -1.00. The summed E-state index contributed by atoms with van der Waals surface area (Å²) in [5.41, 5.74) is 6.35. The van der Waals surface area contributed by atoms with Crippen molar-refractivity contribution in [3.8, 4) is 0 Å². The van der Waals surface area contributed by atoms with Crippen LogP contribution in [0.5, 0.6) is 0 Å². The van der Waals surface area contributed by atoms with Crippen LogP contribution in [0.4, 0.5) is 4.39 Å². The first-order valence-electron chi connectivity index (χ1n) is 7.00. The molecule has 0 saturated carbocycles. The Labute approximate surface area is 127 Å². The molecule has 1 unspecified atom stereocenters. The molecule has 0 aliphatic carbocycles. The maximum atomic E-state index is 13.8. The van der Waals surface area contributed by atoms with Crippen LogP contribution in [0.2, 0.25) is 0 Å². The highest BCUT2D eigenvalue weighted by Gasteiger charge is 2.22. The zero-order chi connectivity index (χ0) is 15.3. The zero-order valence-corrected chi connectivity index (χ0v) is 13.6. The summed E-state index contributed by atoms with van der Waals surface area (Å²) in [5, 5.41) is 0. The molecule has 4 heteroatoms. The van der Waals surface area contributed by atoms with Gasteiger partial charge in [0.15, 0.2) is 0 Å². The minimum atomic E-state index is -0.143. The molecule has 1 atom stereocenters. The van der Waals surface area contributed by atoms with E-state index < -0.39 is 0 Å². The van der Waals surface area contributed by atoms with Crippen LogP contribution in [0.1, 0.15) is 45.2 Å². The molecule has 0 aliphatic rings. The van der Waals surface area contributed by atoms with Gasteiger partial charge in [0, 0.05) is 17.0 Å². The molecule has 0 amide bonds. The van der Waals surface area contributed by atoms with Crippen LogP contribution in [0.15, 0.2) is 24.3 Å². The van der Waals surface area contributed by atoms with E-state index in [-0.39, 0.29) is 17.3 Å². The van der Waals surface area contributed by atoms with E-state index in [0.717, 1.165) is 24.9 Å². The highest BCUT2D eigenvalue weighted by Crippen LogP contribution is 2.25. The van der Waals surface area contributed by atoms with E-state index in [4.69, 9.17) is 18.0 Å². The molecule has 1 aromatic rings. The van der Waals surface area contributed by atoms with Crippen molar-refractivity contribution in [2.45, 2.75) is 39.7 Å². The van der Waals surface area contributed by atoms with Crippen LogP contribution >= 0.6 is 12.2 Å². The molecule has 2 nitrogen and oxygen atoms in total. The van der Waals surface area contributed by atoms with Gasteiger partial charge in [0.1, 0.15) is 5.82 Å².